The van der Waals surface area contributed by atoms with E-state index >= 15 is 0 Å². The SMILES string of the molecule is CC(C)=CCC/C(C)=C/NC(=O)[C@H]1O[C@H](O)[C@H](O)[C@@H](O)[C@H]1O. The third-order valence-corrected chi connectivity index (χ3v) is 3.40. The number of carbonyl (C=O) groups is 1. The van der Waals surface area contributed by atoms with Crippen LogP contribution in [-0.2, 0) is 9.53 Å². The van der Waals surface area contributed by atoms with E-state index in [0.29, 0.717) is 0 Å². The maximum Gasteiger partial charge on any atom is 0.255 e. The van der Waals surface area contributed by atoms with Crippen LogP contribution in [0.5, 0.6) is 0 Å². The van der Waals surface area contributed by atoms with Crippen molar-refractivity contribution >= 4 is 5.91 Å². The van der Waals surface area contributed by atoms with Crippen LogP contribution in [0.4, 0.5) is 0 Å². The lowest BCUT2D eigenvalue weighted by Crippen LogP contribution is -2.61. The Balaban J connectivity index is 2.55. The number of aliphatic hydroxyl groups excluding tert-OH is 4. The molecule has 5 atom stereocenters. The van der Waals surface area contributed by atoms with Crippen molar-refractivity contribution in [2.75, 3.05) is 0 Å². The Hall–Kier alpha value is -1.25. The van der Waals surface area contributed by atoms with Gasteiger partial charge in [0.15, 0.2) is 12.4 Å². The summed E-state index contributed by atoms with van der Waals surface area (Å²) in [6, 6.07) is 0. The second kappa shape index (κ2) is 8.40. The molecule has 0 aromatic carbocycles. The number of rotatable bonds is 5. The van der Waals surface area contributed by atoms with Crippen molar-refractivity contribution in [1.29, 1.82) is 0 Å². The zero-order valence-corrected chi connectivity index (χ0v) is 13.1. The maximum atomic E-state index is 11.9. The lowest BCUT2D eigenvalue weighted by atomic mass is 9.98. The van der Waals surface area contributed by atoms with E-state index in [9.17, 15) is 25.2 Å². The number of hydrogen-bond donors (Lipinski definition) is 5. The van der Waals surface area contributed by atoms with Gasteiger partial charge in [0.25, 0.3) is 5.91 Å². The van der Waals surface area contributed by atoms with Gasteiger partial charge in [-0.05, 0) is 33.6 Å². The van der Waals surface area contributed by atoms with Gasteiger partial charge in [-0.3, -0.25) is 4.79 Å². The molecule has 1 fully saturated rings. The molecule has 0 saturated carbocycles. The highest BCUT2D eigenvalue weighted by atomic mass is 16.6. The number of aliphatic hydroxyl groups is 4. The van der Waals surface area contributed by atoms with Gasteiger partial charge in [0, 0.05) is 6.20 Å². The fraction of sp³-hybridized carbons (Fsp3) is 0.667. The summed E-state index contributed by atoms with van der Waals surface area (Å²) in [5, 5.41) is 40.5. The minimum absolute atomic E-state index is 0.695. The van der Waals surface area contributed by atoms with Crippen molar-refractivity contribution in [2.45, 2.75) is 64.3 Å². The number of allylic oxidation sites excluding steroid dienone is 3. The lowest BCUT2D eigenvalue weighted by Gasteiger charge is -2.37. The summed E-state index contributed by atoms with van der Waals surface area (Å²) in [5.41, 5.74) is 2.15. The monoisotopic (exact) mass is 315 g/mol. The zero-order valence-electron chi connectivity index (χ0n) is 13.1. The van der Waals surface area contributed by atoms with Crippen LogP contribution in [0.1, 0.15) is 33.6 Å². The molecular formula is C15H25NO6. The average Bonchev–Trinajstić information content (AvgIpc) is 2.46. The van der Waals surface area contributed by atoms with Crippen molar-refractivity contribution < 1.29 is 30.0 Å². The van der Waals surface area contributed by atoms with Crippen LogP contribution in [0, 0.1) is 0 Å². The van der Waals surface area contributed by atoms with E-state index in [0.717, 1.165) is 18.4 Å². The number of amides is 1. The third kappa shape index (κ3) is 5.19. The Kier molecular flexibility index (Phi) is 7.18. The van der Waals surface area contributed by atoms with Crippen LogP contribution in [0.3, 0.4) is 0 Å². The highest BCUT2D eigenvalue weighted by molar-refractivity contribution is 5.82. The molecule has 1 saturated heterocycles. The summed E-state index contributed by atoms with van der Waals surface area (Å²) in [5.74, 6) is -0.695. The molecule has 0 aromatic rings. The van der Waals surface area contributed by atoms with Crippen molar-refractivity contribution in [2.24, 2.45) is 0 Å². The molecule has 1 amide bonds. The molecule has 1 rings (SSSR count). The highest BCUT2D eigenvalue weighted by Crippen LogP contribution is 2.20. The lowest BCUT2D eigenvalue weighted by molar-refractivity contribution is -0.275. The van der Waals surface area contributed by atoms with Crippen molar-refractivity contribution in [3.63, 3.8) is 0 Å². The van der Waals surface area contributed by atoms with E-state index < -0.39 is 36.6 Å². The van der Waals surface area contributed by atoms with Crippen LogP contribution >= 0.6 is 0 Å². The van der Waals surface area contributed by atoms with E-state index in [1.807, 2.05) is 20.8 Å². The molecule has 7 heteroatoms. The molecule has 0 unspecified atom stereocenters. The van der Waals surface area contributed by atoms with Gasteiger partial charge in [-0.2, -0.15) is 0 Å². The van der Waals surface area contributed by atoms with Crippen LogP contribution in [0.25, 0.3) is 0 Å². The van der Waals surface area contributed by atoms with Crippen molar-refractivity contribution in [3.05, 3.63) is 23.4 Å². The third-order valence-electron chi connectivity index (χ3n) is 3.40. The Morgan fingerprint density at radius 3 is 2.32 bits per heavy atom. The molecule has 7 nitrogen and oxygen atoms in total. The van der Waals surface area contributed by atoms with Gasteiger partial charge in [0.2, 0.25) is 0 Å². The fourth-order valence-corrected chi connectivity index (χ4v) is 2.02. The second-order valence-corrected chi connectivity index (χ2v) is 5.74. The first-order chi connectivity index (χ1) is 10.2. The van der Waals surface area contributed by atoms with Crippen molar-refractivity contribution in [3.8, 4) is 0 Å². The molecule has 1 aliphatic heterocycles. The van der Waals surface area contributed by atoms with Crippen molar-refractivity contribution in [1.82, 2.24) is 5.32 Å². The smallest absolute Gasteiger partial charge is 0.255 e. The minimum atomic E-state index is -1.73. The van der Waals surface area contributed by atoms with Crippen LogP contribution in [0.15, 0.2) is 23.4 Å². The Morgan fingerprint density at radius 2 is 1.73 bits per heavy atom. The first-order valence-electron chi connectivity index (χ1n) is 7.21. The zero-order chi connectivity index (χ0) is 16.9. The molecular weight excluding hydrogens is 290 g/mol. The van der Waals surface area contributed by atoms with Gasteiger partial charge < -0.3 is 30.5 Å². The Labute approximate surface area is 129 Å². The molecule has 0 aliphatic carbocycles. The molecule has 1 heterocycles. The summed E-state index contributed by atoms with van der Waals surface area (Å²) >= 11 is 0. The first-order valence-corrected chi connectivity index (χ1v) is 7.21. The first kappa shape index (κ1) is 18.8. The molecule has 0 aromatic heterocycles. The standard InChI is InChI=1S/C15H25NO6/c1-8(2)5-4-6-9(3)7-16-14(20)13-11(18)10(17)12(19)15(21)22-13/h5,7,10-13,15,17-19,21H,4,6H2,1-3H3,(H,16,20)/b9-7+/t10-,11+,12+,13-,15-/m0/s1. The molecule has 0 radical (unpaired) electrons. The Morgan fingerprint density at radius 1 is 1.09 bits per heavy atom. The molecule has 1 aliphatic rings. The number of nitrogens with one attached hydrogen (secondary N) is 1. The number of hydrogen-bond acceptors (Lipinski definition) is 6. The number of ether oxygens (including phenoxy) is 1. The van der Waals surface area contributed by atoms with Crippen LogP contribution in [-0.4, -0.2) is 57.0 Å². The van der Waals surface area contributed by atoms with Gasteiger partial charge in [0.05, 0.1) is 0 Å². The summed E-state index contributed by atoms with van der Waals surface area (Å²) in [6.45, 7) is 5.87. The predicted molar refractivity (Wildman–Crippen MR) is 79.5 cm³/mol. The fourth-order valence-electron chi connectivity index (χ4n) is 2.02. The largest absolute Gasteiger partial charge is 0.387 e. The van der Waals surface area contributed by atoms with Crippen LogP contribution < -0.4 is 5.32 Å². The van der Waals surface area contributed by atoms with Gasteiger partial charge in [-0.1, -0.05) is 17.2 Å². The molecule has 22 heavy (non-hydrogen) atoms. The van der Waals surface area contributed by atoms with Gasteiger partial charge in [-0.25, -0.2) is 0 Å². The van der Waals surface area contributed by atoms with Gasteiger partial charge in [0.1, 0.15) is 18.3 Å². The summed E-state index contributed by atoms with van der Waals surface area (Å²) in [4.78, 5) is 11.9. The van der Waals surface area contributed by atoms with E-state index in [4.69, 9.17) is 4.74 Å². The minimum Gasteiger partial charge on any atom is -0.387 e. The van der Waals surface area contributed by atoms with E-state index in [2.05, 4.69) is 11.4 Å². The highest BCUT2D eigenvalue weighted by Gasteiger charge is 2.45. The molecule has 0 bridgehead atoms. The van der Waals surface area contributed by atoms with Gasteiger partial charge >= 0.3 is 0 Å². The summed E-state index contributed by atoms with van der Waals surface area (Å²) in [6.07, 6.45) is -2.88. The second-order valence-electron chi connectivity index (χ2n) is 5.74. The summed E-state index contributed by atoms with van der Waals surface area (Å²) in [7, 11) is 0. The predicted octanol–water partition coefficient (Wildman–Crippen LogP) is -0.447. The van der Waals surface area contributed by atoms with Crippen LogP contribution in [0.2, 0.25) is 0 Å². The molecule has 126 valence electrons. The van der Waals surface area contributed by atoms with E-state index in [-0.39, 0.29) is 0 Å². The van der Waals surface area contributed by atoms with E-state index in [1.54, 1.807) is 0 Å². The maximum absolute atomic E-state index is 11.9. The molecule has 0 spiro atoms. The van der Waals surface area contributed by atoms with Gasteiger partial charge in [-0.15, -0.1) is 0 Å². The summed E-state index contributed by atoms with van der Waals surface area (Å²) < 4.78 is 4.83. The topological polar surface area (TPSA) is 119 Å². The molecule has 5 N–H and O–H groups in total. The number of carbonyl (C=O) groups excluding carboxylic acids is 1. The quantitative estimate of drug-likeness (QED) is 0.439. The normalized spacial score (nSPS) is 32.5. The Bertz CT molecular complexity index is 443. The average molecular weight is 315 g/mol. The van der Waals surface area contributed by atoms with E-state index in [1.165, 1.54) is 11.8 Å².